The molecule has 0 unspecified atom stereocenters. The van der Waals surface area contributed by atoms with Gasteiger partial charge in [-0.15, -0.1) is 0 Å². The van der Waals surface area contributed by atoms with Gasteiger partial charge in [-0.1, -0.05) is 0 Å². The van der Waals surface area contributed by atoms with Gasteiger partial charge in [-0.2, -0.15) is 0 Å². The van der Waals surface area contributed by atoms with Crippen LogP contribution in [0.1, 0.15) is 19.3 Å². The molecule has 0 atom stereocenters. The van der Waals surface area contributed by atoms with Crippen LogP contribution in [0.3, 0.4) is 0 Å². The number of rotatable bonds is 5. The highest BCUT2D eigenvalue weighted by Crippen LogP contribution is 2.34. The van der Waals surface area contributed by atoms with E-state index in [0.717, 1.165) is 37.5 Å². The molecule has 19 heavy (non-hydrogen) atoms. The van der Waals surface area contributed by atoms with Gasteiger partial charge in [0.25, 0.3) is 0 Å². The number of ether oxygens (including phenoxy) is 1. The summed E-state index contributed by atoms with van der Waals surface area (Å²) in [6.07, 6.45) is 2.67. The smallest absolute Gasteiger partial charge is 0.242 e. The molecular weight excluding hydrogens is 271 g/mol. The molecule has 0 aromatic heterocycles. The maximum Gasteiger partial charge on any atom is 0.242 e. The van der Waals surface area contributed by atoms with Crippen molar-refractivity contribution >= 4 is 15.7 Å². The third kappa shape index (κ3) is 2.88. The van der Waals surface area contributed by atoms with Gasteiger partial charge in [0.15, 0.2) is 0 Å². The lowest BCUT2D eigenvalue weighted by Gasteiger charge is -2.40. The maximum atomic E-state index is 12.9. The lowest BCUT2D eigenvalue weighted by molar-refractivity contribution is -0.0659. The summed E-state index contributed by atoms with van der Waals surface area (Å²) in [6.45, 7) is 0.197. The average Bonchev–Trinajstić information content (AvgIpc) is 2.27. The zero-order valence-electron chi connectivity index (χ0n) is 10.6. The summed E-state index contributed by atoms with van der Waals surface area (Å²) in [6, 6.07) is 3.22. The van der Waals surface area contributed by atoms with E-state index in [-0.39, 0.29) is 17.1 Å². The van der Waals surface area contributed by atoms with Gasteiger partial charge < -0.3 is 10.5 Å². The Balaban J connectivity index is 2.14. The minimum Gasteiger partial charge on any atom is -0.398 e. The Bertz CT molecular complexity index is 565. The van der Waals surface area contributed by atoms with E-state index >= 15 is 0 Å². The third-order valence-electron chi connectivity index (χ3n) is 3.54. The molecule has 7 heteroatoms. The molecule has 1 aliphatic carbocycles. The molecule has 0 aliphatic heterocycles. The second-order valence-corrected chi connectivity index (χ2v) is 6.48. The monoisotopic (exact) mass is 288 g/mol. The normalized spacial score (nSPS) is 18.0. The van der Waals surface area contributed by atoms with Crippen LogP contribution in [0.25, 0.3) is 0 Å². The number of hydrogen-bond acceptors (Lipinski definition) is 4. The Labute approximate surface area is 112 Å². The molecule has 0 spiro atoms. The van der Waals surface area contributed by atoms with Gasteiger partial charge in [0.05, 0.1) is 11.3 Å². The topological polar surface area (TPSA) is 81.4 Å². The zero-order valence-corrected chi connectivity index (χ0v) is 11.5. The van der Waals surface area contributed by atoms with Crippen molar-refractivity contribution in [3.63, 3.8) is 0 Å². The van der Waals surface area contributed by atoms with Crippen molar-refractivity contribution in [3.8, 4) is 0 Å². The first-order chi connectivity index (χ1) is 8.88. The quantitative estimate of drug-likeness (QED) is 0.799. The Morgan fingerprint density at radius 2 is 2.16 bits per heavy atom. The van der Waals surface area contributed by atoms with Gasteiger partial charge in [0.1, 0.15) is 10.7 Å². The summed E-state index contributed by atoms with van der Waals surface area (Å²) in [5, 5.41) is 0. The first-order valence-corrected chi connectivity index (χ1v) is 7.47. The van der Waals surface area contributed by atoms with E-state index in [1.165, 1.54) is 0 Å². The second kappa shape index (κ2) is 5.07. The van der Waals surface area contributed by atoms with E-state index in [0.29, 0.717) is 0 Å². The molecular formula is C12H17FN2O3S. The maximum absolute atomic E-state index is 12.9. The van der Waals surface area contributed by atoms with Crippen molar-refractivity contribution in [1.29, 1.82) is 0 Å². The second-order valence-electron chi connectivity index (χ2n) is 4.75. The molecule has 106 valence electrons. The van der Waals surface area contributed by atoms with Gasteiger partial charge >= 0.3 is 0 Å². The van der Waals surface area contributed by atoms with E-state index < -0.39 is 21.4 Å². The molecule has 0 bridgehead atoms. The van der Waals surface area contributed by atoms with E-state index in [1.807, 2.05) is 0 Å². The number of nitrogen functional groups attached to an aromatic ring is 1. The van der Waals surface area contributed by atoms with Crippen molar-refractivity contribution in [2.45, 2.75) is 29.8 Å². The van der Waals surface area contributed by atoms with Crippen LogP contribution in [-0.4, -0.2) is 27.7 Å². The largest absolute Gasteiger partial charge is 0.398 e. The van der Waals surface area contributed by atoms with Gasteiger partial charge in [0, 0.05) is 13.7 Å². The molecule has 1 aliphatic rings. The Hall–Kier alpha value is -1.18. The molecule has 0 heterocycles. The van der Waals surface area contributed by atoms with Crippen LogP contribution >= 0.6 is 0 Å². The summed E-state index contributed by atoms with van der Waals surface area (Å²) in [7, 11) is -2.18. The van der Waals surface area contributed by atoms with Crippen LogP contribution in [0.5, 0.6) is 0 Å². The molecule has 5 nitrogen and oxygen atoms in total. The summed E-state index contributed by atoms with van der Waals surface area (Å²) < 4.78 is 44.9. The van der Waals surface area contributed by atoms with Crippen LogP contribution in [-0.2, 0) is 14.8 Å². The highest BCUT2D eigenvalue weighted by Gasteiger charge is 2.38. The van der Waals surface area contributed by atoms with E-state index in [9.17, 15) is 12.8 Å². The van der Waals surface area contributed by atoms with Crippen LogP contribution in [0.4, 0.5) is 10.1 Å². The number of benzene rings is 1. The summed E-state index contributed by atoms with van der Waals surface area (Å²) in [5.74, 6) is -0.566. The molecule has 3 N–H and O–H groups in total. The summed E-state index contributed by atoms with van der Waals surface area (Å²) >= 11 is 0. The number of halogens is 1. The number of methoxy groups -OCH3 is 1. The molecule has 0 saturated heterocycles. The average molecular weight is 288 g/mol. The number of hydrogen-bond donors (Lipinski definition) is 2. The fraction of sp³-hybridized carbons (Fsp3) is 0.500. The fourth-order valence-electron chi connectivity index (χ4n) is 2.09. The van der Waals surface area contributed by atoms with E-state index in [1.54, 1.807) is 7.11 Å². The van der Waals surface area contributed by atoms with Crippen LogP contribution in [0.2, 0.25) is 0 Å². The lowest BCUT2D eigenvalue weighted by atomic mass is 9.80. The van der Waals surface area contributed by atoms with Crippen molar-refractivity contribution in [2.24, 2.45) is 0 Å². The number of nitrogens with two attached hydrogens (primary N) is 1. The highest BCUT2D eigenvalue weighted by molar-refractivity contribution is 7.89. The van der Waals surface area contributed by atoms with Crippen LogP contribution < -0.4 is 10.5 Å². The first kappa shape index (κ1) is 14.2. The SMILES string of the molecule is COC1(CNS(=O)(=O)c2ccc(F)cc2N)CCC1. The van der Waals surface area contributed by atoms with Gasteiger partial charge in [-0.05, 0) is 37.5 Å². The third-order valence-corrected chi connectivity index (χ3v) is 5.02. The van der Waals surface area contributed by atoms with Gasteiger partial charge in [-0.25, -0.2) is 17.5 Å². The molecule has 1 saturated carbocycles. The molecule has 1 aromatic carbocycles. The van der Waals surface area contributed by atoms with Crippen molar-refractivity contribution in [3.05, 3.63) is 24.0 Å². The van der Waals surface area contributed by atoms with Crippen LogP contribution in [0.15, 0.2) is 23.1 Å². The molecule has 0 amide bonds. The minimum absolute atomic E-state index is 0.104. The molecule has 1 aromatic rings. The van der Waals surface area contributed by atoms with Crippen molar-refractivity contribution in [2.75, 3.05) is 19.4 Å². The summed E-state index contributed by atoms with van der Waals surface area (Å²) in [5.41, 5.74) is 5.02. The Morgan fingerprint density at radius 1 is 1.47 bits per heavy atom. The number of nitrogens with one attached hydrogen (secondary N) is 1. The van der Waals surface area contributed by atoms with E-state index in [2.05, 4.69) is 4.72 Å². The first-order valence-electron chi connectivity index (χ1n) is 5.98. The van der Waals surface area contributed by atoms with E-state index in [4.69, 9.17) is 10.5 Å². The van der Waals surface area contributed by atoms with Gasteiger partial charge in [-0.3, -0.25) is 0 Å². The molecule has 0 radical (unpaired) electrons. The lowest BCUT2D eigenvalue weighted by Crippen LogP contribution is -2.49. The predicted molar refractivity (Wildman–Crippen MR) is 69.6 cm³/mol. The number of sulfonamides is 1. The molecule has 2 rings (SSSR count). The fourth-order valence-corrected chi connectivity index (χ4v) is 3.32. The van der Waals surface area contributed by atoms with Crippen molar-refractivity contribution in [1.82, 2.24) is 4.72 Å². The Kier molecular flexibility index (Phi) is 3.80. The number of anilines is 1. The zero-order chi connectivity index (χ0) is 14.1. The van der Waals surface area contributed by atoms with Crippen molar-refractivity contribution < 1.29 is 17.5 Å². The standard InChI is InChI=1S/C12H17FN2O3S/c1-18-12(5-2-6-12)8-15-19(16,17)11-4-3-9(13)7-10(11)14/h3-4,7,15H,2,5-6,8,14H2,1H3. The minimum atomic E-state index is -3.75. The highest BCUT2D eigenvalue weighted by atomic mass is 32.2. The van der Waals surface area contributed by atoms with Gasteiger partial charge in [0.2, 0.25) is 10.0 Å². The molecule has 1 fully saturated rings. The van der Waals surface area contributed by atoms with Crippen LogP contribution in [0, 0.1) is 5.82 Å². The predicted octanol–water partition coefficient (Wildman–Crippen LogP) is 1.26. The summed E-state index contributed by atoms with van der Waals surface area (Å²) in [4.78, 5) is -0.112. The Morgan fingerprint density at radius 3 is 2.63 bits per heavy atom.